The first-order chi connectivity index (χ1) is 12.0. The number of methoxy groups -OCH3 is 1. The predicted molar refractivity (Wildman–Crippen MR) is 95.4 cm³/mol. The number of rotatable bonds is 8. The molecular weight excluding hydrogens is 343 g/mol. The summed E-state index contributed by atoms with van der Waals surface area (Å²) in [5.74, 6) is -0.571. The summed E-state index contributed by atoms with van der Waals surface area (Å²) >= 11 is 1.46. The Morgan fingerprint density at radius 2 is 2.12 bits per heavy atom. The zero-order valence-corrected chi connectivity index (χ0v) is 15.0. The maximum atomic E-state index is 13.7. The molecule has 0 saturated heterocycles. The number of nitrogens with one attached hydrogen (secondary N) is 2. The van der Waals surface area contributed by atoms with Gasteiger partial charge in [-0.1, -0.05) is 6.07 Å². The Hall–Kier alpha value is -2.41. The Kier molecular flexibility index (Phi) is 6.94. The number of halogens is 1. The molecule has 0 spiro atoms. The van der Waals surface area contributed by atoms with Crippen LogP contribution >= 0.6 is 11.3 Å². The molecule has 5 nitrogen and oxygen atoms in total. The third-order valence-electron chi connectivity index (χ3n) is 3.70. The van der Waals surface area contributed by atoms with Crippen LogP contribution in [-0.4, -0.2) is 25.5 Å². The molecule has 2 aromatic rings. The maximum Gasteiger partial charge on any atom is 0.252 e. The van der Waals surface area contributed by atoms with Crippen LogP contribution in [0.5, 0.6) is 5.75 Å². The minimum absolute atomic E-state index is 0.135. The molecule has 2 N–H and O–H groups in total. The summed E-state index contributed by atoms with van der Waals surface area (Å²) in [6.45, 7) is 2.21. The predicted octanol–water partition coefficient (Wildman–Crippen LogP) is 3.28. The molecule has 0 aliphatic rings. The smallest absolute Gasteiger partial charge is 0.252 e. The Balaban J connectivity index is 1.72. The van der Waals surface area contributed by atoms with E-state index in [1.807, 2.05) is 5.38 Å². The molecule has 0 unspecified atom stereocenters. The first-order valence-corrected chi connectivity index (χ1v) is 8.88. The molecule has 0 bridgehead atoms. The van der Waals surface area contributed by atoms with Crippen molar-refractivity contribution in [3.05, 3.63) is 52.0 Å². The maximum absolute atomic E-state index is 13.7. The van der Waals surface area contributed by atoms with Gasteiger partial charge < -0.3 is 15.4 Å². The molecule has 25 heavy (non-hydrogen) atoms. The van der Waals surface area contributed by atoms with Crippen molar-refractivity contribution in [3.63, 3.8) is 0 Å². The van der Waals surface area contributed by atoms with E-state index in [1.165, 1.54) is 30.6 Å². The van der Waals surface area contributed by atoms with Gasteiger partial charge in [-0.3, -0.25) is 9.59 Å². The van der Waals surface area contributed by atoms with Crippen LogP contribution in [0, 0.1) is 5.82 Å². The Morgan fingerprint density at radius 1 is 1.32 bits per heavy atom. The van der Waals surface area contributed by atoms with Crippen molar-refractivity contribution in [3.8, 4) is 5.75 Å². The summed E-state index contributed by atoms with van der Waals surface area (Å²) in [6, 6.07) is 6.04. The molecule has 2 rings (SSSR count). The molecule has 1 heterocycles. The van der Waals surface area contributed by atoms with Crippen molar-refractivity contribution in [2.75, 3.05) is 13.7 Å². The van der Waals surface area contributed by atoms with Gasteiger partial charge in [-0.25, -0.2) is 4.39 Å². The van der Waals surface area contributed by atoms with Gasteiger partial charge in [0.15, 0.2) is 11.6 Å². The normalized spacial score (nSPS) is 11.6. The van der Waals surface area contributed by atoms with Gasteiger partial charge in [0.25, 0.3) is 5.91 Å². The molecule has 0 radical (unpaired) electrons. The highest BCUT2D eigenvalue weighted by Gasteiger charge is 2.12. The molecule has 0 aliphatic heterocycles. The second-order valence-electron chi connectivity index (χ2n) is 5.55. The van der Waals surface area contributed by atoms with E-state index in [-0.39, 0.29) is 30.0 Å². The lowest BCUT2D eigenvalue weighted by Gasteiger charge is -2.15. The van der Waals surface area contributed by atoms with Crippen LogP contribution in [0.2, 0.25) is 0 Å². The van der Waals surface area contributed by atoms with Gasteiger partial charge in [0, 0.05) is 23.9 Å². The molecule has 0 fully saturated rings. The number of hydrogen-bond donors (Lipinski definition) is 2. The van der Waals surface area contributed by atoms with E-state index in [9.17, 15) is 14.0 Å². The van der Waals surface area contributed by atoms with Crippen LogP contribution in [0.1, 0.15) is 41.7 Å². The topological polar surface area (TPSA) is 67.4 Å². The zero-order chi connectivity index (χ0) is 18.2. The van der Waals surface area contributed by atoms with E-state index in [0.29, 0.717) is 24.1 Å². The highest BCUT2D eigenvalue weighted by molar-refractivity contribution is 7.08. The zero-order valence-electron chi connectivity index (χ0n) is 14.2. The van der Waals surface area contributed by atoms with E-state index >= 15 is 0 Å². The van der Waals surface area contributed by atoms with E-state index < -0.39 is 5.82 Å². The third kappa shape index (κ3) is 5.56. The van der Waals surface area contributed by atoms with Crippen molar-refractivity contribution in [1.82, 2.24) is 10.6 Å². The fraction of sp³-hybridized carbons (Fsp3) is 0.333. The lowest BCUT2D eigenvalue weighted by atomic mass is 10.1. The second kappa shape index (κ2) is 9.17. The van der Waals surface area contributed by atoms with Crippen LogP contribution in [0.4, 0.5) is 4.39 Å². The van der Waals surface area contributed by atoms with Crippen molar-refractivity contribution < 1.29 is 18.7 Å². The lowest BCUT2D eigenvalue weighted by molar-refractivity contribution is -0.121. The average Bonchev–Trinajstić information content (AvgIpc) is 3.13. The van der Waals surface area contributed by atoms with Gasteiger partial charge in [0.05, 0.1) is 13.2 Å². The van der Waals surface area contributed by atoms with Gasteiger partial charge in [0.1, 0.15) is 0 Å². The Bertz CT molecular complexity index is 719. The van der Waals surface area contributed by atoms with Crippen LogP contribution in [-0.2, 0) is 4.79 Å². The lowest BCUT2D eigenvalue weighted by Crippen LogP contribution is -2.29. The van der Waals surface area contributed by atoms with Gasteiger partial charge in [0.2, 0.25) is 5.91 Å². The van der Waals surface area contributed by atoms with E-state index in [2.05, 4.69) is 10.6 Å². The molecule has 0 aliphatic carbocycles. The van der Waals surface area contributed by atoms with Crippen molar-refractivity contribution in [1.29, 1.82) is 0 Å². The first kappa shape index (κ1) is 18.9. The average molecular weight is 364 g/mol. The minimum Gasteiger partial charge on any atom is -0.494 e. The van der Waals surface area contributed by atoms with Crippen LogP contribution in [0.25, 0.3) is 0 Å². The Morgan fingerprint density at radius 3 is 2.76 bits per heavy atom. The first-order valence-electron chi connectivity index (χ1n) is 7.94. The molecule has 1 aromatic carbocycles. The van der Waals surface area contributed by atoms with Crippen molar-refractivity contribution in [2.45, 2.75) is 25.8 Å². The van der Waals surface area contributed by atoms with Crippen molar-refractivity contribution in [2.24, 2.45) is 0 Å². The van der Waals surface area contributed by atoms with Crippen molar-refractivity contribution >= 4 is 23.2 Å². The molecular formula is C18H21FN2O3S. The minimum atomic E-state index is -0.461. The third-order valence-corrected chi connectivity index (χ3v) is 4.39. The SMILES string of the molecule is COc1ccc([C@H](C)NC(=O)CCCNC(=O)c2ccsc2)cc1F. The molecule has 2 amide bonds. The number of amides is 2. The molecule has 1 aromatic heterocycles. The fourth-order valence-electron chi connectivity index (χ4n) is 2.30. The van der Waals surface area contributed by atoms with Gasteiger partial charge in [-0.05, 0) is 42.5 Å². The van der Waals surface area contributed by atoms with E-state index in [0.717, 1.165) is 0 Å². The number of carbonyl (C=O) groups is 2. The van der Waals surface area contributed by atoms with Gasteiger partial charge in [-0.2, -0.15) is 11.3 Å². The standard InChI is InChI=1S/C18H21FN2O3S/c1-12(13-5-6-16(24-2)15(19)10-13)21-17(22)4-3-8-20-18(23)14-7-9-25-11-14/h5-7,9-12H,3-4,8H2,1-2H3,(H,20,23)(H,21,22)/t12-/m0/s1. The Labute approximate surface area is 150 Å². The number of carbonyl (C=O) groups excluding carboxylic acids is 2. The van der Waals surface area contributed by atoms with E-state index in [4.69, 9.17) is 4.74 Å². The highest BCUT2D eigenvalue weighted by atomic mass is 32.1. The summed E-state index contributed by atoms with van der Waals surface area (Å²) in [5.41, 5.74) is 1.29. The fourth-order valence-corrected chi connectivity index (χ4v) is 2.93. The van der Waals surface area contributed by atoms with Crippen LogP contribution < -0.4 is 15.4 Å². The molecule has 134 valence electrons. The summed E-state index contributed by atoms with van der Waals surface area (Å²) < 4.78 is 18.6. The largest absolute Gasteiger partial charge is 0.494 e. The summed E-state index contributed by atoms with van der Waals surface area (Å²) in [5, 5.41) is 9.20. The molecule has 7 heteroatoms. The van der Waals surface area contributed by atoms with E-state index in [1.54, 1.807) is 24.4 Å². The number of benzene rings is 1. The van der Waals surface area contributed by atoms with Crippen LogP contribution in [0.15, 0.2) is 35.0 Å². The molecule has 0 saturated carbocycles. The quantitative estimate of drug-likeness (QED) is 0.707. The number of thiophene rings is 1. The number of ether oxygens (including phenoxy) is 1. The monoisotopic (exact) mass is 364 g/mol. The summed E-state index contributed by atoms with van der Waals surface area (Å²) in [6.07, 6.45) is 0.818. The number of hydrogen-bond acceptors (Lipinski definition) is 4. The second-order valence-corrected chi connectivity index (χ2v) is 6.33. The highest BCUT2D eigenvalue weighted by Crippen LogP contribution is 2.21. The summed E-state index contributed by atoms with van der Waals surface area (Å²) in [7, 11) is 1.40. The van der Waals surface area contributed by atoms with Gasteiger partial charge >= 0.3 is 0 Å². The van der Waals surface area contributed by atoms with Crippen LogP contribution in [0.3, 0.4) is 0 Å². The van der Waals surface area contributed by atoms with Gasteiger partial charge in [-0.15, -0.1) is 0 Å². The summed E-state index contributed by atoms with van der Waals surface area (Å²) in [4.78, 5) is 23.7. The molecule has 1 atom stereocenters.